The lowest BCUT2D eigenvalue weighted by molar-refractivity contribution is 0.102. The summed E-state index contributed by atoms with van der Waals surface area (Å²) in [5, 5.41) is 6.86. The second-order valence-electron chi connectivity index (χ2n) is 9.83. The molecular weight excluding hydrogens is 492 g/mol. The molecule has 1 fully saturated rings. The van der Waals surface area contributed by atoms with Gasteiger partial charge in [-0.25, -0.2) is 13.8 Å². The summed E-state index contributed by atoms with van der Waals surface area (Å²) in [6, 6.07) is 9.31. The van der Waals surface area contributed by atoms with E-state index in [2.05, 4.69) is 29.2 Å². The van der Waals surface area contributed by atoms with Crippen LogP contribution < -0.4 is 21.5 Å². The van der Waals surface area contributed by atoms with Gasteiger partial charge in [-0.1, -0.05) is 19.9 Å². The number of nitrogens with one attached hydrogen (secondary N) is 1. The Morgan fingerprint density at radius 3 is 2.39 bits per heavy atom. The number of para-hydroxylation sites is 1. The molecule has 2 aromatic carbocycles. The minimum atomic E-state index is -0.968. The van der Waals surface area contributed by atoms with E-state index in [0.29, 0.717) is 23.5 Å². The molecule has 0 atom stereocenters. The summed E-state index contributed by atoms with van der Waals surface area (Å²) in [6.45, 7) is 5.55. The number of nitrogens with zero attached hydrogens (tertiary/aromatic N) is 5. The molecule has 1 amide bonds. The Labute approximate surface area is 217 Å². The van der Waals surface area contributed by atoms with Gasteiger partial charge in [0.2, 0.25) is 0 Å². The number of nitrogens with two attached hydrogens (primary N) is 1. The van der Waals surface area contributed by atoms with Gasteiger partial charge in [-0.05, 0) is 43.2 Å². The van der Waals surface area contributed by atoms with Gasteiger partial charge in [0, 0.05) is 38.2 Å². The third-order valence-corrected chi connectivity index (χ3v) is 6.86. The van der Waals surface area contributed by atoms with E-state index in [1.165, 1.54) is 12.1 Å². The number of benzene rings is 2. The zero-order chi connectivity index (χ0) is 27.1. The number of halogens is 2. The molecule has 2 aromatic heterocycles. The zero-order valence-corrected chi connectivity index (χ0v) is 21.4. The second kappa shape index (κ2) is 9.97. The Bertz CT molecular complexity index is 1570. The Morgan fingerprint density at radius 1 is 1.05 bits per heavy atom. The normalized spacial score (nSPS) is 14.4. The first kappa shape index (κ1) is 25.5. The van der Waals surface area contributed by atoms with Gasteiger partial charge in [-0.2, -0.15) is 9.78 Å². The Balaban J connectivity index is 1.57. The zero-order valence-electron chi connectivity index (χ0n) is 21.4. The summed E-state index contributed by atoms with van der Waals surface area (Å²) in [5.41, 5.74) is 7.53. The fraction of sp³-hybridized carbons (Fsp3) is 0.333. The standard InChI is InChI=1S/C27H29F2N7O2/c1-15(2)26-32-23-21(34(26)3)9-7-19(25(23)35-13-11-16(30)12-14-35)31-27(38)20-8-10-22(37)36(33-20)24-17(28)5-4-6-18(24)29/h4-10,15-16H,11-14,30H2,1-3H3,(H,31,38). The van der Waals surface area contributed by atoms with Crippen LogP contribution in [0.1, 0.15) is 48.9 Å². The number of piperidine rings is 1. The minimum Gasteiger partial charge on any atom is -0.368 e. The van der Waals surface area contributed by atoms with Gasteiger partial charge in [-0.3, -0.25) is 9.59 Å². The van der Waals surface area contributed by atoms with E-state index in [1.807, 2.05) is 23.7 Å². The lowest BCUT2D eigenvalue weighted by Gasteiger charge is -2.33. The van der Waals surface area contributed by atoms with E-state index in [9.17, 15) is 18.4 Å². The number of imidazole rings is 1. The number of amides is 1. The van der Waals surface area contributed by atoms with Crippen LogP contribution >= 0.6 is 0 Å². The monoisotopic (exact) mass is 521 g/mol. The van der Waals surface area contributed by atoms with E-state index in [1.54, 1.807) is 0 Å². The van der Waals surface area contributed by atoms with E-state index in [-0.39, 0.29) is 17.7 Å². The molecule has 198 valence electrons. The van der Waals surface area contributed by atoms with Crippen molar-refractivity contribution in [2.75, 3.05) is 23.3 Å². The third kappa shape index (κ3) is 4.53. The number of hydrogen-bond acceptors (Lipinski definition) is 6. The molecule has 0 unspecified atom stereocenters. The molecule has 11 heteroatoms. The van der Waals surface area contributed by atoms with Crippen molar-refractivity contribution in [1.82, 2.24) is 19.3 Å². The van der Waals surface area contributed by atoms with Gasteiger partial charge < -0.3 is 20.5 Å². The van der Waals surface area contributed by atoms with Gasteiger partial charge in [-0.15, -0.1) is 0 Å². The van der Waals surface area contributed by atoms with Crippen LogP contribution in [0.25, 0.3) is 16.7 Å². The molecule has 1 aliphatic heterocycles. The Morgan fingerprint density at radius 2 is 1.74 bits per heavy atom. The van der Waals surface area contributed by atoms with Crippen molar-refractivity contribution in [2.45, 2.75) is 38.6 Å². The number of anilines is 2. The summed E-state index contributed by atoms with van der Waals surface area (Å²) >= 11 is 0. The van der Waals surface area contributed by atoms with Gasteiger partial charge in [0.15, 0.2) is 11.6 Å². The summed E-state index contributed by atoms with van der Waals surface area (Å²) in [6.07, 6.45) is 1.60. The van der Waals surface area contributed by atoms with Crippen LogP contribution in [0, 0.1) is 11.6 Å². The smallest absolute Gasteiger partial charge is 0.276 e. The van der Waals surface area contributed by atoms with Crippen molar-refractivity contribution in [2.24, 2.45) is 12.8 Å². The van der Waals surface area contributed by atoms with Crippen molar-refractivity contribution in [3.05, 3.63) is 76.0 Å². The maximum Gasteiger partial charge on any atom is 0.276 e. The van der Waals surface area contributed by atoms with E-state index in [0.717, 1.165) is 53.6 Å². The molecule has 4 aromatic rings. The average Bonchev–Trinajstić information content (AvgIpc) is 3.22. The Hall–Kier alpha value is -4.12. The second-order valence-corrected chi connectivity index (χ2v) is 9.83. The maximum atomic E-state index is 14.4. The molecule has 0 bridgehead atoms. The fourth-order valence-electron chi connectivity index (χ4n) is 4.89. The first-order chi connectivity index (χ1) is 18.2. The molecule has 38 heavy (non-hydrogen) atoms. The highest BCUT2D eigenvalue weighted by molar-refractivity contribution is 6.08. The van der Waals surface area contributed by atoms with Gasteiger partial charge in [0.25, 0.3) is 11.5 Å². The number of aryl methyl sites for hydroxylation is 1. The van der Waals surface area contributed by atoms with Gasteiger partial charge in [0.1, 0.15) is 22.7 Å². The van der Waals surface area contributed by atoms with Crippen LogP contribution in [0.4, 0.5) is 20.2 Å². The molecule has 3 heterocycles. The third-order valence-electron chi connectivity index (χ3n) is 6.86. The number of carbonyl (C=O) groups is 1. The largest absolute Gasteiger partial charge is 0.368 e. The van der Waals surface area contributed by atoms with Gasteiger partial charge >= 0.3 is 0 Å². The lowest BCUT2D eigenvalue weighted by atomic mass is 10.0. The number of carbonyl (C=O) groups excluding carboxylic acids is 1. The average molecular weight is 522 g/mol. The molecule has 1 aliphatic rings. The van der Waals surface area contributed by atoms with E-state index < -0.39 is 28.8 Å². The quantitative estimate of drug-likeness (QED) is 0.414. The highest BCUT2D eigenvalue weighted by Gasteiger charge is 2.25. The summed E-state index contributed by atoms with van der Waals surface area (Å²) in [7, 11) is 1.97. The molecule has 5 rings (SSSR count). The molecule has 1 saturated heterocycles. The minimum absolute atomic E-state index is 0.113. The van der Waals surface area contributed by atoms with Crippen molar-refractivity contribution in [3.63, 3.8) is 0 Å². The van der Waals surface area contributed by atoms with Crippen LogP contribution in [0.15, 0.2) is 47.3 Å². The number of rotatable bonds is 5. The van der Waals surface area contributed by atoms with Crippen LogP contribution in [-0.4, -0.2) is 44.4 Å². The summed E-state index contributed by atoms with van der Waals surface area (Å²) in [4.78, 5) is 32.8. The Kier molecular flexibility index (Phi) is 6.70. The molecule has 0 radical (unpaired) electrons. The topological polar surface area (TPSA) is 111 Å². The highest BCUT2D eigenvalue weighted by atomic mass is 19.1. The predicted molar refractivity (Wildman–Crippen MR) is 142 cm³/mol. The molecule has 9 nitrogen and oxygen atoms in total. The summed E-state index contributed by atoms with van der Waals surface area (Å²) < 4.78 is 31.3. The number of fused-ring (bicyclic) bond motifs is 1. The molecule has 0 saturated carbocycles. The van der Waals surface area contributed by atoms with Crippen molar-refractivity contribution in [1.29, 1.82) is 0 Å². The molecule has 3 N–H and O–H groups in total. The van der Waals surface area contributed by atoms with Crippen LogP contribution in [0.5, 0.6) is 0 Å². The van der Waals surface area contributed by atoms with Crippen LogP contribution in [-0.2, 0) is 7.05 Å². The first-order valence-corrected chi connectivity index (χ1v) is 12.5. The SMILES string of the molecule is CC(C)c1nc2c(N3CCC(N)CC3)c(NC(=O)c3ccc(=O)n(-c4c(F)cccc4F)n3)ccc2n1C. The van der Waals surface area contributed by atoms with Crippen LogP contribution in [0.2, 0.25) is 0 Å². The van der Waals surface area contributed by atoms with Crippen LogP contribution in [0.3, 0.4) is 0 Å². The van der Waals surface area contributed by atoms with Crippen molar-refractivity contribution >= 4 is 28.3 Å². The maximum absolute atomic E-state index is 14.4. The molecular formula is C27H29F2N7O2. The number of hydrogen-bond donors (Lipinski definition) is 2. The highest BCUT2D eigenvalue weighted by Crippen LogP contribution is 2.37. The first-order valence-electron chi connectivity index (χ1n) is 12.5. The predicted octanol–water partition coefficient (Wildman–Crippen LogP) is 3.70. The molecule has 0 aliphatic carbocycles. The van der Waals surface area contributed by atoms with Crippen molar-refractivity contribution in [3.8, 4) is 5.69 Å². The summed E-state index contributed by atoms with van der Waals surface area (Å²) in [5.74, 6) is -1.46. The van der Waals surface area contributed by atoms with E-state index >= 15 is 0 Å². The van der Waals surface area contributed by atoms with E-state index in [4.69, 9.17) is 10.7 Å². The van der Waals surface area contributed by atoms with Gasteiger partial charge in [0.05, 0.1) is 16.9 Å². The van der Waals surface area contributed by atoms with Crippen molar-refractivity contribution < 1.29 is 13.6 Å². The molecule has 0 spiro atoms. The number of aromatic nitrogens is 4. The lowest BCUT2D eigenvalue weighted by Crippen LogP contribution is -2.40. The fourth-order valence-corrected chi connectivity index (χ4v) is 4.89.